The Morgan fingerprint density at radius 1 is 1.50 bits per heavy atom. The van der Waals surface area contributed by atoms with Gasteiger partial charge in [0.2, 0.25) is 0 Å². The summed E-state index contributed by atoms with van der Waals surface area (Å²) >= 11 is 5.81. The number of rotatable bonds is 0. The minimum atomic E-state index is -1.48. The van der Waals surface area contributed by atoms with Gasteiger partial charge in [-0.15, -0.1) is 0 Å². The van der Waals surface area contributed by atoms with E-state index in [1.54, 1.807) is 13.8 Å². The van der Waals surface area contributed by atoms with Gasteiger partial charge in [0.25, 0.3) is 0 Å². The van der Waals surface area contributed by atoms with E-state index in [1.807, 2.05) is 0 Å². The van der Waals surface area contributed by atoms with Gasteiger partial charge in [0.15, 0.2) is 5.79 Å². The molecule has 0 aromatic heterocycles. The highest BCUT2D eigenvalue weighted by molar-refractivity contribution is 6.30. The lowest BCUT2D eigenvalue weighted by molar-refractivity contribution is -0.155. The van der Waals surface area contributed by atoms with Gasteiger partial charge in [-0.05, 0) is 19.9 Å². The number of alkyl halides is 1. The van der Waals surface area contributed by atoms with E-state index in [2.05, 4.69) is 0 Å². The predicted molar refractivity (Wildman–Crippen MR) is 48.7 cm³/mol. The predicted octanol–water partition coefficient (Wildman–Crippen LogP) is 1.34. The zero-order valence-corrected chi connectivity index (χ0v) is 8.66. The smallest absolute Gasteiger partial charge is 0.164 e. The molecule has 2 rings (SSSR count). The van der Waals surface area contributed by atoms with Crippen molar-refractivity contribution >= 4 is 11.6 Å². The van der Waals surface area contributed by atoms with Crippen molar-refractivity contribution in [3.63, 3.8) is 0 Å². The molecule has 0 bridgehead atoms. The van der Waals surface area contributed by atoms with Crippen LogP contribution in [0.25, 0.3) is 0 Å². The first kappa shape index (κ1) is 10.4. The molecule has 1 aliphatic heterocycles. The van der Waals surface area contributed by atoms with Crippen molar-refractivity contribution in [3.8, 4) is 0 Å². The third-order valence-electron chi connectivity index (χ3n) is 2.38. The lowest BCUT2D eigenvalue weighted by atomic mass is 9.97. The lowest BCUT2D eigenvalue weighted by Gasteiger charge is -2.27. The van der Waals surface area contributed by atoms with E-state index in [4.69, 9.17) is 21.1 Å². The molecule has 0 amide bonds. The third kappa shape index (κ3) is 1.56. The van der Waals surface area contributed by atoms with Crippen molar-refractivity contribution in [1.29, 1.82) is 0 Å². The molecule has 1 saturated heterocycles. The van der Waals surface area contributed by atoms with E-state index >= 15 is 0 Å². The van der Waals surface area contributed by atoms with Crippen LogP contribution in [0, 0.1) is 0 Å². The monoisotopic (exact) mass is 222 g/mol. The van der Waals surface area contributed by atoms with E-state index in [0.29, 0.717) is 0 Å². The second kappa shape index (κ2) is 3.17. The van der Waals surface area contributed by atoms with Crippen molar-refractivity contribution < 1.29 is 19.0 Å². The zero-order chi connectivity index (χ0) is 10.5. The molecule has 5 heteroatoms. The Bertz CT molecular complexity index is 279. The minimum absolute atomic E-state index is 0.262. The number of aliphatic hydroxyl groups excluding tert-OH is 1. The first-order valence-electron chi connectivity index (χ1n) is 4.46. The molecule has 0 radical (unpaired) electrons. The van der Waals surface area contributed by atoms with E-state index in [1.165, 1.54) is 0 Å². The van der Waals surface area contributed by atoms with Crippen LogP contribution >= 0.6 is 11.6 Å². The molecule has 1 heterocycles. The molecule has 2 aliphatic rings. The fourth-order valence-electron chi connectivity index (χ4n) is 1.78. The maximum Gasteiger partial charge on any atom is 0.164 e. The Morgan fingerprint density at radius 2 is 2.14 bits per heavy atom. The largest absolute Gasteiger partial charge is 0.387 e. The number of aliphatic hydroxyl groups is 1. The molecular weight excluding hydrogens is 211 g/mol. The van der Waals surface area contributed by atoms with Crippen LogP contribution in [0.4, 0.5) is 4.39 Å². The molecule has 1 fully saturated rings. The molecule has 3 nitrogen and oxygen atoms in total. The highest BCUT2D eigenvalue weighted by Gasteiger charge is 2.50. The van der Waals surface area contributed by atoms with Crippen LogP contribution in [0.15, 0.2) is 11.1 Å². The number of ether oxygens (including phenoxy) is 2. The molecule has 0 saturated carbocycles. The number of hydrogen-bond donors (Lipinski definition) is 1. The average Bonchev–Trinajstić information content (AvgIpc) is 2.38. The summed E-state index contributed by atoms with van der Waals surface area (Å²) in [5, 5.41) is 9.78. The van der Waals surface area contributed by atoms with E-state index in [-0.39, 0.29) is 5.03 Å². The highest BCUT2D eigenvalue weighted by atomic mass is 35.5. The van der Waals surface area contributed by atoms with E-state index in [0.717, 1.165) is 6.08 Å². The molecule has 0 spiro atoms. The number of halogens is 2. The Labute approximate surface area is 86.4 Å². The van der Waals surface area contributed by atoms with Gasteiger partial charge >= 0.3 is 0 Å². The van der Waals surface area contributed by atoms with Crippen LogP contribution in [0.5, 0.6) is 0 Å². The van der Waals surface area contributed by atoms with Gasteiger partial charge in [-0.3, -0.25) is 0 Å². The Kier molecular flexibility index (Phi) is 2.34. The molecular formula is C9H12ClFO3. The second-order valence-electron chi connectivity index (χ2n) is 4.01. The van der Waals surface area contributed by atoms with E-state index < -0.39 is 30.3 Å². The molecule has 4 atom stereocenters. The lowest BCUT2D eigenvalue weighted by Crippen LogP contribution is -2.44. The molecule has 14 heavy (non-hydrogen) atoms. The topological polar surface area (TPSA) is 38.7 Å². The third-order valence-corrected chi connectivity index (χ3v) is 2.72. The summed E-state index contributed by atoms with van der Waals surface area (Å²) in [5.41, 5.74) is 0. The summed E-state index contributed by atoms with van der Waals surface area (Å²) in [6.45, 7) is 3.41. The summed E-state index contributed by atoms with van der Waals surface area (Å²) < 4.78 is 24.0. The summed E-state index contributed by atoms with van der Waals surface area (Å²) in [5.74, 6) is -0.825. The van der Waals surface area contributed by atoms with Gasteiger partial charge in [0.1, 0.15) is 24.5 Å². The summed E-state index contributed by atoms with van der Waals surface area (Å²) in [4.78, 5) is 0. The van der Waals surface area contributed by atoms with Crippen molar-refractivity contribution in [1.82, 2.24) is 0 Å². The van der Waals surface area contributed by atoms with Gasteiger partial charge in [0.05, 0.1) is 0 Å². The molecule has 80 valence electrons. The second-order valence-corrected chi connectivity index (χ2v) is 4.44. The summed E-state index contributed by atoms with van der Waals surface area (Å²) in [6.07, 6.45) is -2.78. The fraction of sp³-hybridized carbons (Fsp3) is 0.778. The Morgan fingerprint density at radius 3 is 2.79 bits per heavy atom. The Balaban J connectivity index is 2.27. The first-order chi connectivity index (χ1) is 6.41. The van der Waals surface area contributed by atoms with Gasteiger partial charge in [-0.25, -0.2) is 4.39 Å². The molecule has 0 aromatic carbocycles. The highest BCUT2D eigenvalue weighted by Crippen LogP contribution is 2.39. The van der Waals surface area contributed by atoms with Crippen LogP contribution in [0.1, 0.15) is 13.8 Å². The van der Waals surface area contributed by atoms with E-state index in [9.17, 15) is 9.50 Å². The fourth-order valence-corrected chi connectivity index (χ4v) is 2.07. The van der Waals surface area contributed by atoms with Gasteiger partial charge in [0, 0.05) is 5.03 Å². The van der Waals surface area contributed by atoms with Crippen molar-refractivity contribution in [2.45, 2.75) is 44.1 Å². The number of hydrogen-bond acceptors (Lipinski definition) is 3. The van der Waals surface area contributed by atoms with Crippen molar-refractivity contribution in [2.75, 3.05) is 0 Å². The quantitative estimate of drug-likeness (QED) is 0.672. The van der Waals surface area contributed by atoms with Crippen LogP contribution in [0.3, 0.4) is 0 Å². The summed E-state index contributed by atoms with van der Waals surface area (Å²) in [6, 6.07) is 0. The van der Waals surface area contributed by atoms with Crippen molar-refractivity contribution in [2.24, 2.45) is 0 Å². The van der Waals surface area contributed by atoms with Crippen LogP contribution in [-0.2, 0) is 9.47 Å². The standard InChI is InChI=1S/C9H12ClFO3/c1-9(2)13-7-4(10)3-5(11)6(12)8(7)14-9/h3,5-8,12H,1-2H3/t5-,6+,7+,8-/m0/s1. The zero-order valence-electron chi connectivity index (χ0n) is 7.91. The van der Waals surface area contributed by atoms with Crippen molar-refractivity contribution in [3.05, 3.63) is 11.1 Å². The SMILES string of the molecule is CC1(C)O[C@H]2[C@H](O)[C@@H](F)C=C(Cl)[C@H]2O1. The minimum Gasteiger partial charge on any atom is -0.387 e. The molecule has 1 N–H and O–H groups in total. The maximum atomic E-state index is 13.2. The molecule has 0 aromatic rings. The van der Waals surface area contributed by atoms with Gasteiger partial charge in [-0.2, -0.15) is 0 Å². The van der Waals surface area contributed by atoms with Crippen LogP contribution in [0.2, 0.25) is 0 Å². The van der Waals surface area contributed by atoms with Crippen LogP contribution in [-0.4, -0.2) is 35.4 Å². The average molecular weight is 223 g/mol. The molecule has 0 unspecified atom stereocenters. The molecule has 1 aliphatic carbocycles. The Hall–Kier alpha value is -0.160. The first-order valence-corrected chi connectivity index (χ1v) is 4.83. The maximum absolute atomic E-state index is 13.2. The van der Waals surface area contributed by atoms with Gasteiger partial charge < -0.3 is 14.6 Å². The van der Waals surface area contributed by atoms with Crippen LogP contribution < -0.4 is 0 Å². The normalized spacial score (nSPS) is 45.9. The van der Waals surface area contributed by atoms with Gasteiger partial charge in [-0.1, -0.05) is 11.6 Å². The number of fused-ring (bicyclic) bond motifs is 1. The summed E-state index contributed by atoms with van der Waals surface area (Å²) in [7, 11) is 0.